The molecule has 0 radical (unpaired) electrons. The molecule has 2 aromatic rings. The van der Waals surface area contributed by atoms with E-state index < -0.39 is 0 Å². The maximum atomic E-state index is 12.9. The van der Waals surface area contributed by atoms with E-state index in [-0.39, 0.29) is 5.82 Å². The topological polar surface area (TPSA) is 54.7 Å². The molecule has 72 valence electrons. The van der Waals surface area contributed by atoms with E-state index >= 15 is 0 Å². The molecule has 4 heteroatoms. The lowest BCUT2D eigenvalue weighted by atomic mass is 10.1. The number of nitrogens with one attached hydrogen (secondary N) is 1. The number of hydrogen-bond donors (Lipinski definition) is 2. The minimum Gasteiger partial charge on any atom is -0.398 e. The third-order valence-electron chi connectivity index (χ3n) is 1.97. The number of anilines is 1. The van der Waals surface area contributed by atoms with Crippen molar-refractivity contribution in [3.8, 4) is 11.4 Å². The molecule has 0 aliphatic carbocycles. The molecule has 1 heterocycles. The van der Waals surface area contributed by atoms with Crippen LogP contribution in [0.5, 0.6) is 0 Å². The van der Waals surface area contributed by atoms with Gasteiger partial charge in [-0.1, -0.05) is 0 Å². The van der Waals surface area contributed by atoms with Gasteiger partial charge in [0.15, 0.2) is 0 Å². The van der Waals surface area contributed by atoms with Gasteiger partial charge >= 0.3 is 0 Å². The summed E-state index contributed by atoms with van der Waals surface area (Å²) in [6.45, 7) is 1.88. The SMILES string of the molecule is Cc1cnc(-c2cc(F)ccc2N)[nH]1. The molecule has 1 aromatic heterocycles. The Hall–Kier alpha value is -1.84. The van der Waals surface area contributed by atoms with Gasteiger partial charge in [0.2, 0.25) is 0 Å². The summed E-state index contributed by atoms with van der Waals surface area (Å²) in [6.07, 6.45) is 1.68. The Balaban J connectivity index is 2.55. The molecule has 14 heavy (non-hydrogen) atoms. The zero-order valence-electron chi connectivity index (χ0n) is 7.71. The molecule has 0 bridgehead atoms. The number of nitrogen functional groups attached to an aromatic ring is 1. The Morgan fingerprint density at radius 2 is 2.21 bits per heavy atom. The molecule has 2 rings (SSSR count). The number of imidazole rings is 1. The minimum atomic E-state index is -0.316. The number of nitrogens with zero attached hydrogens (tertiary/aromatic N) is 1. The number of rotatable bonds is 1. The number of nitrogens with two attached hydrogens (primary N) is 1. The predicted octanol–water partition coefficient (Wildman–Crippen LogP) is 2.11. The fraction of sp³-hybridized carbons (Fsp3) is 0.100. The second-order valence-electron chi connectivity index (χ2n) is 3.15. The summed E-state index contributed by atoms with van der Waals surface area (Å²) in [5.41, 5.74) is 7.73. The van der Waals surface area contributed by atoms with E-state index in [9.17, 15) is 4.39 Å². The summed E-state index contributed by atoms with van der Waals surface area (Å²) in [5, 5.41) is 0. The monoisotopic (exact) mass is 191 g/mol. The number of benzene rings is 1. The number of aromatic nitrogens is 2. The van der Waals surface area contributed by atoms with Crippen LogP contribution in [0.1, 0.15) is 5.69 Å². The van der Waals surface area contributed by atoms with Crippen molar-refractivity contribution in [2.75, 3.05) is 5.73 Å². The summed E-state index contributed by atoms with van der Waals surface area (Å²) in [6, 6.07) is 4.23. The Morgan fingerprint density at radius 3 is 2.86 bits per heavy atom. The van der Waals surface area contributed by atoms with Crippen molar-refractivity contribution in [3.05, 3.63) is 35.9 Å². The van der Waals surface area contributed by atoms with Gasteiger partial charge in [0.25, 0.3) is 0 Å². The van der Waals surface area contributed by atoms with Gasteiger partial charge in [-0.2, -0.15) is 0 Å². The van der Waals surface area contributed by atoms with E-state index in [1.54, 1.807) is 6.20 Å². The van der Waals surface area contributed by atoms with Gasteiger partial charge in [0.05, 0.1) is 0 Å². The Kier molecular flexibility index (Phi) is 1.96. The standard InChI is InChI=1S/C10H10FN3/c1-6-5-13-10(14-6)8-4-7(11)2-3-9(8)12/h2-5H,12H2,1H3,(H,13,14). The largest absolute Gasteiger partial charge is 0.398 e. The fourth-order valence-corrected chi connectivity index (χ4v) is 1.28. The molecule has 0 saturated heterocycles. The maximum Gasteiger partial charge on any atom is 0.139 e. The zero-order chi connectivity index (χ0) is 10.1. The van der Waals surface area contributed by atoms with E-state index in [1.807, 2.05) is 6.92 Å². The lowest BCUT2D eigenvalue weighted by Crippen LogP contribution is -1.92. The minimum absolute atomic E-state index is 0.316. The smallest absolute Gasteiger partial charge is 0.139 e. The molecule has 0 aliphatic rings. The zero-order valence-corrected chi connectivity index (χ0v) is 7.71. The highest BCUT2D eigenvalue weighted by Gasteiger charge is 2.06. The molecule has 0 fully saturated rings. The van der Waals surface area contributed by atoms with Gasteiger partial charge in [-0.15, -0.1) is 0 Å². The average molecular weight is 191 g/mol. The van der Waals surface area contributed by atoms with Crippen LogP contribution in [0.4, 0.5) is 10.1 Å². The van der Waals surface area contributed by atoms with Crippen LogP contribution in [0.2, 0.25) is 0 Å². The molecular formula is C10H10FN3. The Bertz CT molecular complexity index is 462. The molecule has 0 saturated carbocycles. The summed E-state index contributed by atoms with van der Waals surface area (Å²) in [5.74, 6) is 0.280. The quantitative estimate of drug-likeness (QED) is 0.678. The molecule has 0 spiro atoms. The summed E-state index contributed by atoms with van der Waals surface area (Å²) < 4.78 is 12.9. The van der Waals surface area contributed by atoms with Crippen LogP contribution >= 0.6 is 0 Å². The van der Waals surface area contributed by atoms with Crippen molar-refractivity contribution < 1.29 is 4.39 Å². The first-order chi connectivity index (χ1) is 6.66. The molecular weight excluding hydrogens is 181 g/mol. The van der Waals surface area contributed by atoms with Gasteiger partial charge in [0, 0.05) is 23.1 Å². The van der Waals surface area contributed by atoms with Crippen molar-refractivity contribution >= 4 is 5.69 Å². The lowest BCUT2D eigenvalue weighted by molar-refractivity contribution is 0.628. The number of halogens is 1. The highest BCUT2D eigenvalue weighted by Crippen LogP contribution is 2.23. The van der Waals surface area contributed by atoms with Crippen LogP contribution in [0.25, 0.3) is 11.4 Å². The maximum absolute atomic E-state index is 12.9. The third-order valence-corrected chi connectivity index (χ3v) is 1.97. The predicted molar refractivity (Wildman–Crippen MR) is 53.1 cm³/mol. The van der Waals surface area contributed by atoms with Gasteiger partial charge in [0.1, 0.15) is 11.6 Å². The van der Waals surface area contributed by atoms with Crippen molar-refractivity contribution in [2.45, 2.75) is 6.92 Å². The first kappa shape index (κ1) is 8.74. The van der Waals surface area contributed by atoms with E-state index in [1.165, 1.54) is 18.2 Å². The van der Waals surface area contributed by atoms with Gasteiger partial charge < -0.3 is 10.7 Å². The molecule has 0 atom stereocenters. The average Bonchev–Trinajstić information content (AvgIpc) is 2.56. The molecule has 0 unspecified atom stereocenters. The first-order valence-corrected chi connectivity index (χ1v) is 4.24. The molecule has 1 aromatic carbocycles. The normalized spacial score (nSPS) is 10.4. The second-order valence-corrected chi connectivity index (χ2v) is 3.15. The van der Waals surface area contributed by atoms with E-state index in [0.29, 0.717) is 17.1 Å². The fourth-order valence-electron chi connectivity index (χ4n) is 1.28. The first-order valence-electron chi connectivity index (χ1n) is 4.24. The highest BCUT2D eigenvalue weighted by atomic mass is 19.1. The van der Waals surface area contributed by atoms with Crippen molar-refractivity contribution in [1.82, 2.24) is 9.97 Å². The second kappa shape index (κ2) is 3.14. The number of H-pyrrole nitrogens is 1. The van der Waals surface area contributed by atoms with Crippen LogP contribution in [0.15, 0.2) is 24.4 Å². The van der Waals surface area contributed by atoms with Gasteiger partial charge in [-0.25, -0.2) is 9.37 Å². The van der Waals surface area contributed by atoms with Crippen LogP contribution < -0.4 is 5.73 Å². The number of aryl methyl sites for hydroxylation is 1. The molecule has 3 N–H and O–H groups in total. The third kappa shape index (κ3) is 1.46. The number of aromatic amines is 1. The number of hydrogen-bond acceptors (Lipinski definition) is 2. The summed E-state index contributed by atoms with van der Waals surface area (Å²) in [7, 11) is 0. The lowest BCUT2D eigenvalue weighted by Gasteiger charge is -2.01. The van der Waals surface area contributed by atoms with Crippen LogP contribution in [-0.2, 0) is 0 Å². The Morgan fingerprint density at radius 1 is 1.43 bits per heavy atom. The van der Waals surface area contributed by atoms with E-state index in [0.717, 1.165) is 5.69 Å². The summed E-state index contributed by atoms with van der Waals surface area (Å²) >= 11 is 0. The van der Waals surface area contributed by atoms with Crippen LogP contribution in [-0.4, -0.2) is 9.97 Å². The highest BCUT2D eigenvalue weighted by molar-refractivity contribution is 5.71. The molecule has 0 aliphatic heterocycles. The summed E-state index contributed by atoms with van der Waals surface area (Å²) in [4.78, 5) is 7.09. The van der Waals surface area contributed by atoms with Gasteiger partial charge in [-0.05, 0) is 25.1 Å². The van der Waals surface area contributed by atoms with E-state index in [2.05, 4.69) is 9.97 Å². The molecule has 0 amide bonds. The van der Waals surface area contributed by atoms with Gasteiger partial charge in [-0.3, -0.25) is 0 Å². The van der Waals surface area contributed by atoms with Crippen LogP contribution in [0.3, 0.4) is 0 Å². The van der Waals surface area contributed by atoms with Crippen molar-refractivity contribution in [3.63, 3.8) is 0 Å². The Labute approximate surface area is 80.8 Å². The van der Waals surface area contributed by atoms with Crippen molar-refractivity contribution in [2.24, 2.45) is 0 Å². The van der Waals surface area contributed by atoms with E-state index in [4.69, 9.17) is 5.73 Å². The van der Waals surface area contributed by atoms with Crippen molar-refractivity contribution in [1.29, 1.82) is 0 Å². The van der Waals surface area contributed by atoms with Crippen LogP contribution in [0, 0.1) is 12.7 Å². The molecule has 3 nitrogen and oxygen atoms in total.